The van der Waals surface area contributed by atoms with Gasteiger partial charge >= 0.3 is 0 Å². The number of primary amides is 1. The number of amides is 1. The first-order chi connectivity index (χ1) is 7.24. The van der Waals surface area contributed by atoms with Crippen LogP contribution >= 0.6 is 0 Å². The van der Waals surface area contributed by atoms with Crippen LogP contribution in [0.25, 0.3) is 0 Å². The number of hydrogen-bond acceptors (Lipinski definition) is 4. The van der Waals surface area contributed by atoms with Crippen LogP contribution in [-0.4, -0.2) is 19.1 Å². The summed E-state index contributed by atoms with van der Waals surface area (Å²) in [5.41, 5.74) is 8.73. The van der Waals surface area contributed by atoms with Gasteiger partial charge in [0.2, 0.25) is 5.91 Å². The topological polar surface area (TPSA) is 73.6 Å². The molecule has 5 heteroatoms. The zero-order chi connectivity index (χ0) is 11.1. The van der Waals surface area contributed by atoms with Crippen molar-refractivity contribution >= 4 is 5.91 Å². The first-order valence-corrected chi connectivity index (χ1v) is 4.84. The van der Waals surface area contributed by atoms with E-state index in [2.05, 4.69) is 27.5 Å². The van der Waals surface area contributed by atoms with Gasteiger partial charge < -0.3 is 5.73 Å². The molecule has 3 N–H and O–H groups in total. The smallest absolute Gasteiger partial charge is 0.237 e. The van der Waals surface area contributed by atoms with E-state index in [1.165, 1.54) is 7.11 Å². The van der Waals surface area contributed by atoms with Crippen molar-refractivity contribution in [2.24, 2.45) is 5.73 Å². The van der Waals surface area contributed by atoms with Crippen molar-refractivity contribution in [2.75, 3.05) is 7.11 Å². The van der Waals surface area contributed by atoms with Gasteiger partial charge in [0.25, 0.3) is 0 Å². The Hall–Kier alpha value is -1.17. The minimum absolute atomic E-state index is 0.466. The highest BCUT2D eigenvalue weighted by Crippen LogP contribution is 2.14. The highest BCUT2D eigenvalue weighted by Gasteiger charge is 2.17. The Bertz CT molecular complexity index is 274. The Kier molecular flexibility index (Phi) is 5.03. The third-order valence-electron chi connectivity index (χ3n) is 2.13. The molecule has 0 spiro atoms. The van der Waals surface area contributed by atoms with Crippen LogP contribution in [0.1, 0.15) is 19.3 Å². The molecule has 0 aliphatic heterocycles. The van der Waals surface area contributed by atoms with Gasteiger partial charge in [-0.15, -0.1) is 4.99 Å². The lowest BCUT2D eigenvalue weighted by Gasteiger charge is -2.15. The first kappa shape index (κ1) is 11.9. The lowest BCUT2D eigenvalue weighted by atomic mass is 10.0. The van der Waals surface area contributed by atoms with Crippen LogP contribution in [0, 0.1) is 0 Å². The van der Waals surface area contributed by atoms with Crippen LogP contribution < -0.4 is 11.2 Å². The average Bonchev–Trinajstić information content (AvgIpc) is 2.25. The lowest BCUT2D eigenvalue weighted by Crippen LogP contribution is -2.41. The molecule has 0 aromatic rings. The molecule has 1 rings (SSSR count). The molecule has 0 aromatic heterocycles. The number of nitrogens with one attached hydrogen (secondary N) is 1. The molecule has 84 valence electrons. The minimum Gasteiger partial charge on any atom is -0.368 e. The molecular formula is C10H16N2O3. The largest absolute Gasteiger partial charge is 0.368 e. The molecule has 0 bridgehead atoms. The van der Waals surface area contributed by atoms with E-state index < -0.39 is 11.9 Å². The number of rotatable bonds is 6. The van der Waals surface area contributed by atoms with Crippen LogP contribution in [0.5, 0.6) is 0 Å². The average molecular weight is 212 g/mol. The Morgan fingerprint density at radius 3 is 3.00 bits per heavy atom. The molecule has 0 saturated carbocycles. The Balaban J connectivity index is 2.46. The Morgan fingerprint density at radius 2 is 2.47 bits per heavy atom. The summed E-state index contributed by atoms with van der Waals surface area (Å²) in [5, 5.41) is 0. The molecule has 0 radical (unpaired) electrons. The van der Waals surface area contributed by atoms with E-state index in [4.69, 9.17) is 5.73 Å². The highest BCUT2D eigenvalue weighted by atomic mass is 17.3. The van der Waals surface area contributed by atoms with Crippen molar-refractivity contribution in [3.8, 4) is 0 Å². The van der Waals surface area contributed by atoms with E-state index in [0.717, 1.165) is 18.4 Å². The van der Waals surface area contributed by atoms with Crippen molar-refractivity contribution < 1.29 is 14.7 Å². The maximum atomic E-state index is 11.1. The predicted octanol–water partition coefficient (Wildman–Crippen LogP) is 0.589. The monoisotopic (exact) mass is 212 g/mol. The van der Waals surface area contributed by atoms with Crippen LogP contribution in [0.15, 0.2) is 23.8 Å². The second-order valence-electron chi connectivity index (χ2n) is 3.29. The predicted molar refractivity (Wildman–Crippen MR) is 55.3 cm³/mol. The summed E-state index contributed by atoms with van der Waals surface area (Å²) in [6, 6.07) is -0.570. The molecule has 0 fully saturated rings. The molecule has 15 heavy (non-hydrogen) atoms. The fourth-order valence-electron chi connectivity index (χ4n) is 1.36. The fourth-order valence-corrected chi connectivity index (χ4v) is 1.36. The Morgan fingerprint density at radius 1 is 1.67 bits per heavy atom. The number of hydrogen-bond donors (Lipinski definition) is 2. The third kappa shape index (κ3) is 4.24. The summed E-state index contributed by atoms with van der Waals surface area (Å²) >= 11 is 0. The van der Waals surface area contributed by atoms with Crippen LogP contribution in [0.3, 0.4) is 0 Å². The summed E-state index contributed by atoms with van der Waals surface area (Å²) in [7, 11) is 1.35. The molecule has 1 unspecified atom stereocenters. The second kappa shape index (κ2) is 6.34. The summed E-state index contributed by atoms with van der Waals surface area (Å²) in [6.07, 6.45) is 8.72. The number of nitrogens with two attached hydrogens (primary N) is 1. The van der Waals surface area contributed by atoms with E-state index >= 15 is 0 Å². The van der Waals surface area contributed by atoms with Crippen molar-refractivity contribution in [1.82, 2.24) is 5.48 Å². The number of allylic oxidation sites excluding steroid dienone is 3. The SMILES string of the molecule is COONC(CC1=CCCC=C1)C(N)=O. The van der Waals surface area contributed by atoms with E-state index in [-0.39, 0.29) is 0 Å². The van der Waals surface area contributed by atoms with Gasteiger partial charge in [0.15, 0.2) is 0 Å². The van der Waals surface area contributed by atoms with Crippen LogP contribution in [-0.2, 0) is 14.7 Å². The maximum Gasteiger partial charge on any atom is 0.237 e. The van der Waals surface area contributed by atoms with Gasteiger partial charge in [-0.05, 0) is 19.3 Å². The quantitative estimate of drug-likeness (QED) is 0.499. The van der Waals surface area contributed by atoms with Gasteiger partial charge in [-0.3, -0.25) is 4.79 Å². The molecule has 0 heterocycles. The summed E-state index contributed by atoms with van der Waals surface area (Å²) < 4.78 is 0. The molecular weight excluding hydrogens is 196 g/mol. The van der Waals surface area contributed by atoms with Crippen LogP contribution in [0.4, 0.5) is 0 Å². The van der Waals surface area contributed by atoms with E-state index in [1.54, 1.807) is 0 Å². The molecule has 5 nitrogen and oxygen atoms in total. The van der Waals surface area contributed by atoms with Gasteiger partial charge in [-0.25, -0.2) is 4.89 Å². The van der Waals surface area contributed by atoms with E-state index in [9.17, 15) is 4.79 Å². The summed E-state index contributed by atoms with van der Waals surface area (Å²) in [6.45, 7) is 0. The van der Waals surface area contributed by atoms with E-state index in [0.29, 0.717) is 6.42 Å². The van der Waals surface area contributed by atoms with Gasteiger partial charge in [0.05, 0.1) is 7.11 Å². The maximum absolute atomic E-state index is 11.1. The summed E-state index contributed by atoms with van der Waals surface area (Å²) in [4.78, 5) is 19.9. The van der Waals surface area contributed by atoms with Gasteiger partial charge in [0, 0.05) is 0 Å². The third-order valence-corrected chi connectivity index (χ3v) is 2.13. The lowest BCUT2D eigenvalue weighted by molar-refractivity contribution is -0.321. The molecule has 1 aliphatic rings. The molecule has 1 aliphatic carbocycles. The number of carbonyl (C=O) groups is 1. The zero-order valence-corrected chi connectivity index (χ0v) is 8.73. The van der Waals surface area contributed by atoms with Gasteiger partial charge in [-0.1, -0.05) is 23.8 Å². The minimum atomic E-state index is -0.570. The fraction of sp³-hybridized carbons (Fsp3) is 0.500. The Labute approximate surface area is 88.8 Å². The number of carbonyl (C=O) groups excluding carboxylic acids is 1. The van der Waals surface area contributed by atoms with Crippen molar-refractivity contribution in [2.45, 2.75) is 25.3 Å². The number of hydroxylamine groups is 1. The van der Waals surface area contributed by atoms with E-state index in [1.807, 2.05) is 6.08 Å². The molecule has 0 saturated heterocycles. The van der Waals surface area contributed by atoms with Crippen molar-refractivity contribution in [3.05, 3.63) is 23.8 Å². The van der Waals surface area contributed by atoms with Crippen molar-refractivity contribution in [1.29, 1.82) is 0 Å². The molecule has 1 amide bonds. The van der Waals surface area contributed by atoms with Crippen LogP contribution in [0.2, 0.25) is 0 Å². The van der Waals surface area contributed by atoms with Crippen molar-refractivity contribution in [3.63, 3.8) is 0 Å². The zero-order valence-electron chi connectivity index (χ0n) is 8.73. The van der Waals surface area contributed by atoms with Gasteiger partial charge in [0.1, 0.15) is 6.04 Å². The normalized spacial score (nSPS) is 17.3. The second-order valence-corrected chi connectivity index (χ2v) is 3.29. The summed E-state index contributed by atoms with van der Waals surface area (Å²) in [5.74, 6) is -0.466. The standard InChI is InChI=1S/C10H16N2O3/c1-14-15-12-9(10(11)13)7-8-5-3-2-4-6-8/h3,5-6,9,12H,2,4,7H2,1H3,(H2,11,13). The molecule has 0 aromatic carbocycles. The highest BCUT2D eigenvalue weighted by molar-refractivity contribution is 5.80. The molecule has 1 atom stereocenters. The van der Waals surface area contributed by atoms with Gasteiger partial charge in [-0.2, -0.15) is 5.48 Å². The first-order valence-electron chi connectivity index (χ1n) is 4.84.